The van der Waals surface area contributed by atoms with Crippen LogP contribution in [-0.2, 0) is 11.8 Å². The maximum absolute atomic E-state index is 5.69. The van der Waals surface area contributed by atoms with Crippen LogP contribution in [0.25, 0.3) is 5.69 Å². The first-order valence-corrected chi connectivity index (χ1v) is 12.8. The topological polar surface area (TPSA) is 67.9 Å². The van der Waals surface area contributed by atoms with Crippen molar-refractivity contribution in [2.45, 2.75) is 67.2 Å². The third-order valence-corrected chi connectivity index (χ3v) is 4.91. The Bertz CT molecular complexity index is 985. The standard InChI is InChI=1S/C20H29N5.C9H14.C2H6/c1-5-6-12-22-15-23-19-14-18(20(2,3)4)24-25(19)17-9-7-8-16(13-17)10-11-21;1-4-6-7-8-9(3)5-2;1-2/h5-9,12-14,22-23H,1,10-11,15,21H2,2-4H3;4-8H,1-3H3;1-2H3/b12-6+;6-4-,8-7-,9-5+;. The Kier molecular flexibility index (Phi) is 17.2. The van der Waals surface area contributed by atoms with Gasteiger partial charge in [0.05, 0.1) is 18.1 Å². The molecule has 0 amide bonds. The Labute approximate surface area is 220 Å². The van der Waals surface area contributed by atoms with Crippen LogP contribution in [0.2, 0.25) is 0 Å². The van der Waals surface area contributed by atoms with Crippen LogP contribution in [0, 0.1) is 0 Å². The Hall–Kier alpha value is -3.31. The number of benzene rings is 1. The zero-order valence-electron chi connectivity index (χ0n) is 23.8. The first kappa shape index (κ1) is 32.7. The molecule has 0 fully saturated rings. The van der Waals surface area contributed by atoms with Gasteiger partial charge >= 0.3 is 0 Å². The molecule has 0 spiro atoms. The maximum atomic E-state index is 5.69. The molecule has 5 heteroatoms. The molecule has 5 nitrogen and oxygen atoms in total. The second kappa shape index (κ2) is 18.9. The monoisotopic (exact) mass is 491 g/mol. The number of anilines is 1. The van der Waals surface area contributed by atoms with Crippen LogP contribution in [0.4, 0.5) is 5.82 Å². The molecular formula is C31H49N5. The van der Waals surface area contributed by atoms with Gasteiger partial charge in [-0.1, -0.05) is 95.4 Å². The molecule has 4 N–H and O–H groups in total. The van der Waals surface area contributed by atoms with Gasteiger partial charge in [0.25, 0.3) is 0 Å². The lowest BCUT2D eigenvalue weighted by Crippen LogP contribution is -2.18. The number of hydrogen-bond donors (Lipinski definition) is 3. The van der Waals surface area contributed by atoms with Gasteiger partial charge < -0.3 is 16.4 Å². The molecule has 1 aromatic carbocycles. The Morgan fingerprint density at radius 2 is 1.83 bits per heavy atom. The number of nitrogens with one attached hydrogen (secondary N) is 2. The summed E-state index contributed by atoms with van der Waals surface area (Å²) >= 11 is 0. The molecule has 36 heavy (non-hydrogen) atoms. The highest BCUT2D eigenvalue weighted by atomic mass is 15.3. The van der Waals surface area contributed by atoms with Crippen molar-refractivity contribution in [2.75, 3.05) is 18.5 Å². The molecule has 0 aliphatic rings. The van der Waals surface area contributed by atoms with E-state index in [1.54, 1.807) is 6.08 Å². The van der Waals surface area contributed by atoms with Gasteiger partial charge in [0.1, 0.15) is 5.82 Å². The summed E-state index contributed by atoms with van der Waals surface area (Å²) in [5.41, 5.74) is 10.3. The molecule has 0 radical (unpaired) electrons. The molecule has 0 bridgehead atoms. The smallest absolute Gasteiger partial charge is 0.131 e. The fourth-order valence-corrected chi connectivity index (χ4v) is 2.83. The zero-order chi connectivity index (χ0) is 27.4. The van der Waals surface area contributed by atoms with Crippen molar-refractivity contribution >= 4 is 5.82 Å². The molecule has 0 aliphatic carbocycles. The number of hydrogen-bond acceptors (Lipinski definition) is 4. The minimum absolute atomic E-state index is 0.0211. The lowest BCUT2D eigenvalue weighted by molar-refractivity contribution is 0.560. The van der Waals surface area contributed by atoms with Gasteiger partial charge in [0, 0.05) is 11.5 Å². The average molecular weight is 492 g/mol. The molecule has 0 saturated heterocycles. The highest BCUT2D eigenvalue weighted by Gasteiger charge is 2.20. The number of nitrogens with zero attached hydrogens (tertiary/aromatic N) is 2. The van der Waals surface area contributed by atoms with E-state index in [-0.39, 0.29) is 5.41 Å². The van der Waals surface area contributed by atoms with Gasteiger partial charge in [-0.05, 0) is 63.7 Å². The van der Waals surface area contributed by atoms with Gasteiger partial charge in [0.2, 0.25) is 0 Å². The molecule has 0 unspecified atom stereocenters. The summed E-state index contributed by atoms with van der Waals surface area (Å²) in [5.74, 6) is 0.953. The normalized spacial score (nSPS) is 11.8. The summed E-state index contributed by atoms with van der Waals surface area (Å²) < 4.78 is 1.96. The van der Waals surface area contributed by atoms with E-state index in [0.29, 0.717) is 13.2 Å². The van der Waals surface area contributed by atoms with Crippen molar-refractivity contribution in [3.05, 3.63) is 102 Å². The van der Waals surface area contributed by atoms with Crippen LogP contribution in [0.3, 0.4) is 0 Å². The van der Waals surface area contributed by atoms with E-state index in [9.17, 15) is 0 Å². The first-order chi connectivity index (χ1) is 17.3. The van der Waals surface area contributed by atoms with Crippen LogP contribution in [0.5, 0.6) is 0 Å². The third-order valence-electron chi connectivity index (χ3n) is 4.91. The maximum Gasteiger partial charge on any atom is 0.131 e. The second-order valence-corrected chi connectivity index (χ2v) is 8.86. The van der Waals surface area contributed by atoms with Crippen LogP contribution in [-0.4, -0.2) is 23.0 Å². The third kappa shape index (κ3) is 13.0. The number of nitrogens with two attached hydrogens (primary N) is 1. The summed E-state index contributed by atoms with van der Waals surface area (Å²) in [5, 5.41) is 11.4. The molecule has 2 aromatic rings. The molecule has 0 saturated carbocycles. The van der Waals surface area contributed by atoms with E-state index in [0.717, 1.165) is 23.6 Å². The van der Waals surface area contributed by atoms with E-state index in [2.05, 4.69) is 81.3 Å². The largest absolute Gasteiger partial charge is 0.374 e. The van der Waals surface area contributed by atoms with Gasteiger partial charge in [0.15, 0.2) is 0 Å². The zero-order valence-corrected chi connectivity index (χ0v) is 23.8. The first-order valence-electron chi connectivity index (χ1n) is 12.8. The summed E-state index contributed by atoms with van der Waals surface area (Å²) in [6, 6.07) is 10.5. The van der Waals surface area contributed by atoms with Crippen molar-refractivity contribution in [1.82, 2.24) is 15.1 Å². The predicted molar refractivity (Wildman–Crippen MR) is 161 cm³/mol. The van der Waals surface area contributed by atoms with Gasteiger partial charge in [-0.25, -0.2) is 4.68 Å². The van der Waals surface area contributed by atoms with Crippen molar-refractivity contribution in [3.63, 3.8) is 0 Å². The van der Waals surface area contributed by atoms with E-state index < -0.39 is 0 Å². The van der Waals surface area contributed by atoms with Crippen molar-refractivity contribution < 1.29 is 0 Å². The van der Waals surface area contributed by atoms with E-state index in [1.165, 1.54) is 11.1 Å². The Balaban J connectivity index is 0.000000941. The van der Waals surface area contributed by atoms with E-state index in [1.807, 2.05) is 68.9 Å². The molecular weight excluding hydrogens is 442 g/mol. The van der Waals surface area contributed by atoms with Gasteiger partial charge in [-0.2, -0.15) is 5.10 Å². The van der Waals surface area contributed by atoms with Crippen LogP contribution >= 0.6 is 0 Å². The minimum atomic E-state index is -0.0211. The summed E-state index contributed by atoms with van der Waals surface area (Å²) in [4.78, 5) is 0. The van der Waals surface area contributed by atoms with Crippen LogP contribution in [0.1, 0.15) is 66.6 Å². The predicted octanol–water partition coefficient (Wildman–Crippen LogP) is 7.44. The van der Waals surface area contributed by atoms with E-state index >= 15 is 0 Å². The highest BCUT2D eigenvalue weighted by molar-refractivity contribution is 5.48. The minimum Gasteiger partial charge on any atom is -0.374 e. The molecule has 0 atom stereocenters. The average Bonchev–Trinajstić information content (AvgIpc) is 3.31. The van der Waals surface area contributed by atoms with Crippen molar-refractivity contribution in [1.29, 1.82) is 0 Å². The second-order valence-electron chi connectivity index (χ2n) is 8.86. The fraction of sp³-hybridized carbons (Fsp3) is 0.387. The molecule has 0 aliphatic heterocycles. The number of allylic oxidation sites excluding steroid dienone is 8. The summed E-state index contributed by atoms with van der Waals surface area (Å²) in [6.45, 7) is 21.5. The van der Waals surface area contributed by atoms with Crippen LogP contribution < -0.4 is 16.4 Å². The Morgan fingerprint density at radius 1 is 1.11 bits per heavy atom. The SMILES string of the molecule is C=C/C=C/NCNc1cc(C(C)(C)C)nn1-c1cccc(CCN)c1.CC.C\C=C/C=C\C(C)=C\C. The molecule has 1 heterocycles. The molecule has 2 rings (SSSR count). The van der Waals surface area contributed by atoms with E-state index in [4.69, 9.17) is 10.8 Å². The molecule has 198 valence electrons. The van der Waals surface area contributed by atoms with Crippen molar-refractivity contribution in [3.8, 4) is 5.69 Å². The van der Waals surface area contributed by atoms with Gasteiger partial charge in [-0.15, -0.1) is 0 Å². The van der Waals surface area contributed by atoms with Gasteiger partial charge in [-0.3, -0.25) is 0 Å². The lowest BCUT2D eigenvalue weighted by atomic mass is 9.92. The summed E-state index contributed by atoms with van der Waals surface area (Å²) in [7, 11) is 0. The lowest BCUT2D eigenvalue weighted by Gasteiger charge is -2.14. The quantitative estimate of drug-likeness (QED) is 0.183. The number of aromatic nitrogens is 2. The van der Waals surface area contributed by atoms with Crippen LogP contribution in [0.15, 0.2) is 91.2 Å². The summed E-state index contributed by atoms with van der Waals surface area (Å²) in [6.07, 6.45) is 16.5. The Morgan fingerprint density at radius 3 is 2.42 bits per heavy atom. The van der Waals surface area contributed by atoms with Crippen molar-refractivity contribution in [2.24, 2.45) is 5.73 Å². The highest BCUT2D eigenvalue weighted by Crippen LogP contribution is 2.26. The number of rotatable bonds is 10. The molecule has 1 aromatic heterocycles. The fourth-order valence-electron chi connectivity index (χ4n) is 2.83.